The average molecular weight is 340 g/mol. The highest BCUT2D eigenvalue weighted by atomic mass is 79.9. The van der Waals surface area contributed by atoms with Gasteiger partial charge in [0.1, 0.15) is 5.75 Å². The van der Waals surface area contributed by atoms with E-state index in [4.69, 9.17) is 4.74 Å². The SMILES string of the molecule is CNC(c1cc(Br)cs1)c1cc(C)c(OC)cc1C. The van der Waals surface area contributed by atoms with E-state index in [1.807, 2.05) is 7.05 Å². The van der Waals surface area contributed by atoms with Gasteiger partial charge in [-0.1, -0.05) is 6.07 Å². The second-order valence-electron chi connectivity index (χ2n) is 4.57. The van der Waals surface area contributed by atoms with Gasteiger partial charge >= 0.3 is 0 Å². The number of methoxy groups -OCH3 is 1. The summed E-state index contributed by atoms with van der Waals surface area (Å²) in [6, 6.07) is 6.71. The zero-order valence-corrected chi connectivity index (χ0v) is 14.0. The summed E-state index contributed by atoms with van der Waals surface area (Å²) in [5, 5.41) is 5.52. The molecule has 0 saturated heterocycles. The second-order valence-corrected chi connectivity index (χ2v) is 6.43. The number of nitrogens with one attached hydrogen (secondary N) is 1. The van der Waals surface area contributed by atoms with Gasteiger partial charge in [0.2, 0.25) is 0 Å². The molecule has 2 aromatic rings. The van der Waals surface area contributed by atoms with Crippen molar-refractivity contribution in [3.05, 3.63) is 49.6 Å². The lowest BCUT2D eigenvalue weighted by molar-refractivity contribution is 0.411. The maximum Gasteiger partial charge on any atom is 0.122 e. The van der Waals surface area contributed by atoms with Crippen molar-refractivity contribution in [1.29, 1.82) is 0 Å². The molecule has 0 bridgehead atoms. The van der Waals surface area contributed by atoms with E-state index >= 15 is 0 Å². The molecule has 19 heavy (non-hydrogen) atoms. The van der Waals surface area contributed by atoms with Crippen LogP contribution in [0.4, 0.5) is 0 Å². The highest BCUT2D eigenvalue weighted by Gasteiger charge is 2.17. The van der Waals surface area contributed by atoms with Crippen LogP contribution in [0.15, 0.2) is 28.1 Å². The van der Waals surface area contributed by atoms with Crippen LogP contribution in [0.25, 0.3) is 0 Å². The van der Waals surface area contributed by atoms with E-state index in [1.165, 1.54) is 21.6 Å². The van der Waals surface area contributed by atoms with Crippen molar-refractivity contribution >= 4 is 27.3 Å². The Bertz CT molecular complexity index is 580. The highest BCUT2D eigenvalue weighted by Crippen LogP contribution is 2.33. The van der Waals surface area contributed by atoms with Gasteiger partial charge in [-0.15, -0.1) is 11.3 Å². The first-order valence-electron chi connectivity index (χ1n) is 6.13. The van der Waals surface area contributed by atoms with E-state index in [1.54, 1.807) is 18.4 Å². The first-order chi connectivity index (χ1) is 9.06. The first-order valence-corrected chi connectivity index (χ1v) is 7.80. The number of rotatable bonds is 4. The molecule has 0 aliphatic carbocycles. The highest BCUT2D eigenvalue weighted by molar-refractivity contribution is 9.10. The summed E-state index contributed by atoms with van der Waals surface area (Å²) in [6.45, 7) is 4.21. The molecule has 0 fully saturated rings. The van der Waals surface area contributed by atoms with Crippen molar-refractivity contribution in [2.45, 2.75) is 19.9 Å². The molecule has 1 aromatic carbocycles. The summed E-state index contributed by atoms with van der Waals surface area (Å²) < 4.78 is 6.51. The Kier molecular flexibility index (Phi) is 4.66. The Labute approximate surface area is 126 Å². The molecule has 1 N–H and O–H groups in total. The van der Waals surface area contributed by atoms with Crippen LogP contribution in [0.3, 0.4) is 0 Å². The molecule has 2 rings (SSSR count). The smallest absolute Gasteiger partial charge is 0.122 e. The van der Waals surface area contributed by atoms with Crippen LogP contribution in [-0.4, -0.2) is 14.2 Å². The third-order valence-electron chi connectivity index (χ3n) is 3.26. The van der Waals surface area contributed by atoms with Crippen LogP contribution in [0.1, 0.15) is 27.6 Å². The molecule has 1 unspecified atom stereocenters. The summed E-state index contributed by atoms with van der Waals surface area (Å²) in [5.74, 6) is 0.948. The minimum Gasteiger partial charge on any atom is -0.496 e. The summed E-state index contributed by atoms with van der Waals surface area (Å²) in [7, 11) is 3.71. The van der Waals surface area contributed by atoms with Crippen LogP contribution in [0.5, 0.6) is 5.75 Å². The van der Waals surface area contributed by atoms with E-state index in [-0.39, 0.29) is 6.04 Å². The van der Waals surface area contributed by atoms with Gasteiger partial charge in [0.05, 0.1) is 13.2 Å². The maximum atomic E-state index is 5.38. The van der Waals surface area contributed by atoms with Crippen molar-refractivity contribution in [2.24, 2.45) is 0 Å². The monoisotopic (exact) mass is 339 g/mol. The number of thiophene rings is 1. The standard InChI is InChI=1S/C15H18BrNOS/c1-9-6-13(18-4)10(2)5-12(9)15(17-3)14-7-11(16)8-19-14/h5-8,15,17H,1-4H3. The molecule has 4 heteroatoms. The van der Waals surface area contributed by atoms with Crippen molar-refractivity contribution in [3.63, 3.8) is 0 Å². The fourth-order valence-corrected chi connectivity index (χ4v) is 3.84. The summed E-state index contributed by atoms with van der Waals surface area (Å²) in [4.78, 5) is 1.31. The average Bonchev–Trinajstić information content (AvgIpc) is 2.80. The van der Waals surface area contributed by atoms with Gasteiger partial charge < -0.3 is 10.1 Å². The molecule has 2 nitrogen and oxygen atoms in total. The number of ether oxygens (including phenoxy) is 1. The molecular formula is C15H18BrNOS. The molecule has 0 aliphatic heterocycles. The largest absolute Gasteiger partial charge is 0.496 e. The third-order valence-corrected chi connectivity index (χ3v) is 5.01. The zero-order valence-electron chi connectivity index (χ0n) is 11.6. The quantitative estimate of drug-likeness (QED) is 0.888. The van der Waals surface area contributed by atoms with E-state index in [2.05, 4.69) is 58.7 Å². The predicted molar refractivity (Wildman–Crippen MR) is 85.4 cm³/mol. The molecule has 1 heterocycles. The lowest BCUT2D eigenvalue weighted by atomic mass is 9.97. The molecule has 1 atom stereocenters. The molecule has 0 spiro atoms. The topological polar surface area (TPSA) is 21.3 Å². The molecule has 0 radical (unpaired) electrons. The predicted octanol–water partition coefficient (Wildman–Crippen LogP) is 4.44. The molecule has 102 valence electrons. The lowest BCUT2D eigenvalue weighted by Crippen LogP contribution is -2.17. The van der Waals surface area contributed by atoms with E-state index in [0.29, 0.717) is 0 Å². The summed E-state index contributed by atoms with van der Waals surface area (Å²) >= 11 is 5.28. The molecule has 1 aromatic heterocycles. The number of hydrogen-bond donors (Lipinski definition) is 1. The molecule has 0 amide bonds. The maximum absolute atomic E-state index is 5.38. The van der Waals surface area contributed by atoms with Gasteiger partial charge in [0.25, 0.3) is 0 Å². The normalized spacial score (nSPS) is 12.5. The van der Waals surface area contributed by atoms with Crippen LogP contribution in [-0.2, 0) is 0 Å². The Morgan fingerprint density at radius 2 is 1.95 bits per heavy atom. The van der Waals surface area contributed by atoms with Gasteiger partial charge in [-0.25, -0.2) is 0 Å². The van der Waals surface area contributed by atoms with E-state index < -0.39 is 0 Å². The Morgan fingerprint density at radius 1 is 1.21 bits per heavy atom. The van der Waals surface area contributed by atoms with Gasteiger partial charge in [0, 0.05) is 14.7 Å². The second kappa shape index (κ2) is 6.07. The number of aryl methyl sites for hydroxylation is 2. The van der Waals surface area contributed by atoms with E-state index in [9.17, 15) is 0 Å². The van der Waals surface area contributed by atoms with Crippen molar-refractivity contribution in [3.8, 4) is 5.75 Å². The van der Waals surface area contributed by atoms with Crippen LogP contribution >= 0.6 is 27.3 Å². The van der Waals surface area contributed by atoms with Gasteiger partial charge in [-0.2, -0.15) is 0 Å². The zero-order chi connectivity index (χ0) is 14.0. The van der Waals surface area contributed by atoms with Crippen molar-refractivity contribution in [2.75, 3.05) is 14.2 Å². The van der Waals surface area contributed by atoms with Gasteiger partial charge in [0.15, 0.2) is 0 Å². The van der Waals surface area contributed by atoms with Crippen LogP contribution in [0.2, 0.25) is 0 Å². The summed E-state index contributed by atoms with van der Waals surface area (Å²) in [5.41, 5.74) is 3.71. The fraction of sp³-hybridized carbons (Fsp3) is 0.333. The van der Waals surface area contributed by atoms with Crippen molar-refractivity contribution in [1.82, 2.24) is 5.32 Å². The molecule has 0 aliphatic rings. The van der Waals surface area contributed by atoms with Crippen LogP contribution in [0, 0.1) is 13.8 Å². The summed E-state index contributed by atoms with van der Waals surface area (Å²) in [6.07, 6.45) is 0. The fourth-order valence-electron chi connectivity index (χ4n) is 2.27. The number of hydrogen-bond acceptors (Lipinski definition) is 3. The Hall–Kier alpha value is -0.840. The minimum atomic E-state index is 0.223. The molecular weight excluding hydrogens is 322 g/mol. The minimum absolute atomic E-state index is 0.223. The number of benzene rings is 1. The van der Waals surface area contributed by atoms with Crippen LogP contribution < -0.4 is 10.1 Å². The lowest BCUT2D eigenvalue weighted by Gasteiger charge is -2.19. The third kappa shape index (κ3) is 3.02. The van der Waals surface area contributed by atoms with Crippen molar-refractivity contribution < 1.29 is 4.74 Å². The first kappa shape index (κ1) is 14.6. The van der Waals surface area contributed by atoms with Gasteiger partial charge in [-0.3, -0.25) is 0 Å². The Morgan fingerprint density at radius 3 is 2.47 bits per heavy atom. The van der Waals surface area contributed by atoms with E-state index in [0.717, 1.165) is 10.2 Å². The van der Waals surface area contributed by atoms with Gasteiger partial charge in [-0.05, 0) is 65.6 Å². The Balaban J connectivity index is 2.47. The number of halogens is 1. The molecule has 0 saturated carbocycles.